The Hall–Kier alpha value is -2.96. The zero-order valence-corrected chi connectivity index (χ0v) is 11.6. The number of nitrogens with one attached hydrogen (secondary N) is 2. The van der Waals surface area contributed by atoms with Crippen molar-refractivity contribution in [3.05, 3.63) is 52.1 Å². The predicted octanol–water partition coefficient (Wildman–Crippen LogP) is 2.98. The van der Waals surface area contributed by atoms with Crippen LogP contribution in [0.15, 0.2) is 36.4 Å². The summed E-state index contributed by atoms with van der Waals surface area (Å²) in [6, 6.07) is 9.61. The average molecular weight is 286 g/mol. The molecule has 2 aromatic rings. The van der Waals surface area contributed by atoms with Crippen LogP contribution in [0, 0.1) is 10.1 Å². The number of rotatable bonds is 5. The van der Waals surface area contributed by atoms with Gasteiger partial charge in [0.2, 0.25) is 5.82 Å². The van der Waals surface area contributed by atoms with Gasteiger partial charge < -0.3 is 10.6 Å². The first-order valence-corrected chi connectivity index (χ1v) is 6.22. The second-order valence-corrected chi connectivity index (χ2v) is 4.33. The van der Waals surface area contributed by atoms with Crippen LogP contribution in [0.1, 0.15) is 17.3 Å². The fourth-order valence-corrected chi connectivity index (χ4v) is 1.78. The Balaban J connectivity index is 2.40. The Morgan fingerprint density at radius 2 is 2.05 bits per heavy atom. The van der Waals surface area contributed by atoms with E-state index in [2.05, 4.69) is 15.6 Å². The zero-order valence-electron chi connectivity index (χ0n) is 11.6. The van der Waals surface area contributed by atoms with Gasteiger partial charge in [-0.15, -0.1) is 0 Å². The van der Waals surface area contributed by atoms with Crippen molar-refractivity contribution < 1.29 is 9.72 Å². The van der Waals surface area contributed by atoms with Crippen LogP contribution >= 0.6 is 0 Å². The lowest BCUT2D eigenvalue weighted by Gasteiger charge is -2.09. The van der Waals surface area contributed by atoms with Crippen LogP contribution in [-0.2, 0) is 0 Å². The molecule has 0 radical (unpaired) electrons. The summed E-state index contributed by atoms with van der Waals surface area (Å²) in [6.45, 7) is 1.46. The number of nitrogens with zero attached hydrogens (tertiary/aromatic N) is 2. The van der Waals surface area contributed by atoms with Crippen LogP contribution < -0.4 is 10.6 Å². The highest BCUT2D eigenvalue weighted by atomic mass is 16.6. The van der Waals surface area contributed by atoms with Gasteiger partial charge in [-0.1, -0.05) is 12.1 Å². The summed E-state index contributed by atoms with van der Waals surface area (Å²) in [5.74, 6) is 0.545. The third-order valence-corrected chi connectivity index (χ3v) is 2.86. The van der Waals surface area contributed by atoms with Gasteiger partial charge in [-0.25, -0.2) is 4.98 Å². The molecule has 0 atom stereocenters. The Bertz CT molecular complexity index is 700. The van der Waals surface area contributed by atoms with E-state index < -0.39 is 4.92 Å². The molecule has 0 aliphatic carbocycles. The lowest BCUT2D eigenvalue weighted by atomic mass is 10.1. The topological polar surface area (TPSA) is 97.2 Å². The summed E-state index contributed by atoms with van der Waals surface area (Å²) in [4.78, 5) is 26.0. The van der Waals surface area contributed by atoms with Crippen LogP contribution in [0.5, 0.6) is 0 Å². The van der Waals surface area contributed by atoms with E-state index in [0.717, 1.165) is 0 Å². The molecule has 2 rings (SSSR count). The number of benzene rings is 1. The van der Waals surface area contributed by atoms with Gasteiger partial charge in [-0.3, -0.25) is 14.9 Å². The maximum atomic E-state index is 11.4. The Kier molecular flexibility index (Phi) is 4.13. The van der Waals surface area contributed by atoms with Gasteiger partial charge >= 0.3 is 5.69 Å². The number of carbonyl (C=O) groups excluding carboxylic acids is 1. The van der Waals surface area contributed by atoms with Crippen molar-refractivity contribution in [3.8, 4) is 0 Å². The highest BCUT2D eigenvalue weighted by Crippen LogP contribution is 2.27. The molecule has 21 heavy (non-hydrogen) atoms. The Morgan fingerprint density at radius 1 is 1.29 bits per heavy atom. The monoisotopic (exact) mass is 286 g/mol. The maximum Gasteiger partial charge on any atom is 0.311 e. The number of hydrogen-bond donors (Lipinski definition) is 2. The van der Waals surface area contributed by atoms with E-state index in [1.165, 1.54) is 19.1 Å². The minimum absolute atomic E-state index is 0.0786. The molecule has 0 saturated carbocycles. The van der Waals surface area contributed by atoms with Gasteiger partial charge in [0.05, 0.1) is 4.92 Å². The minimum Gasteiger partial charge on any atom is -0.373 e. The zero-order chi connectivity index (χ0) is 15.4. The van der Waals surface area contributed by atoms with Gasteiger partial charge in [0.15, 0.2) is 5.78 Å². The molecule has 108 valence electrons. The van der Waals surface area contributed by atoms with E-state index in [4.69, 9.17) is 0 Å². The number of carbonyl (C=O) groups is 1. The normalized spacial score (nSPS) is 10.0. The molecular formula is C14H14N4O3. The van der Waals surface area contributed by atoms with Crippen molar-refractivity contribution in [1.82, 2.24) is 4.98 Å². The number of ketones is 1. The van der Waals surface area contributed by atoms with Gasteiger partial charge in [0.1, 0.15) is 5.82 Å². The summed E-state index contributed by atoms with van der Waals surface area (Å²) in [5.41, 5.74) is 0.946. The predicted molar refractivity (Wildman–Crippen MR) is 80.2 cm³/mol. The molecule has 1 heterocycles. The summed E-state index contributed by atoms with van der Waals surface area (Å²) < 4.78 is 0. The van der Waals surface area contributed by atoms with E-state index in [0.29, 0.717) is 17.1 Å². The largest absolute Gasteiger partial charge is 0.373 e. The number of anilines is 3. The van der Waals surface area contributed by atoms with Crippen molar-refractivity contribution in [2.24, 2.45) is 0 Å². The first-order chi connectivity index (χ1) is 10.0. The first-order valence-electron chi connectivity index (χ1n) is 6.22. The van der Waals surface area contributed by atoms with Gasteiger partial charge in [-0.2, -0.15) is 0 Å². The molecule has 0 aliphatic heterocycles. The first kappa shape index (κ1) is 14.4. The molecule has 0 amide bonds. The van der Waals surface area contributed by atoms with Crippen LogP contribution in [0.4, 0.5) is 23.0 Å². The number of Topliss-reactive ketones (excluding diaryl/α,β-unsaturated/α-hetero) is 1. The maximum absolute atomic E-state index is 11.4. The van der Waals surface area contributed by atoms with Crippen molar-refractivity contribution in [2.45, 2.75) is 6.92 Å². The summed E-state index contributed by atoms with van der Waals surface area (Å²) in [6.07, 6.45) is 0. The number of aromatic nitrogens is 1. The molecule has 1 aromatic carbocycles. The molecular weight excluding hydrogens is 272 g/mol. The Labute approximate surface area is 121 Å². The van der Waals surface area contributed by atoms with Crippen molar-refractivity contribution >= 4 is 28.8 Å². The lowest BCUT2D eigenvalue weighted by Crippen LogP contribution is -2.03. The number of hydrogen-bond acceptors (Lipinski definition) is 6. The van der Waals surface area contributed by atoms with Gasteiger partial charge in [-0.05, 0) is 25.1 Å². The fraction of sp³-hybridized carbons (Fsp3) is 0.143. The average Bonchev–Trinajstić information content (AvgIpc) is 2.47. The molecule has 7 nitrogen and oxygen atoms in total. The molecule has 0 bridgehead atoms. The smallest absolute Gasteiger partial charge is 0.311 e. The number of pyridine rings is 1. The summed E-state index contributed by atoms with van der Waals surface area (Å²) in [7, 11) is 1.67. The summed E-state index contributed by atoms with van der Waals surface area (Å²) >= 11 is 0. The third kappa shape index (κ3) is 3.33. The van der Waals surface area contributed by atoms with E-state index in [-0.39, 0.29) is 17.3 Å². The van der Waals surface area contributed by atoms with Gasteiger partial charge in [0, 0.05) is 24.4 Å². The van der Waals surface area contributed by atoms with Crippen molar-refractivity contribution in [3.63, 3.8) is 0 Å². The minimum atomic E-state index is -0.510. The highest BCUT2D eigenvalue weighted by molar-refractivity contribution is 5.95. The van der Waals surface area contributed by atoms with Crippen LogP contribution in [0.25, 0.3) is 0 Å². The van der Waals surface area contributed by atoms with Crippen molar-refractivity contribution in [1.29, 1.82) is 0 Å². The number of nitro groups is 1. The molecule has 7 heteroatoms. The standard InChI is InChI=1S/C14H14N4O3/c1-9(19)10-4-3-5-11(8-10)16-14-12(18(20)21)6-7-13(15-2)17-14/h3-8H,1-2H3,(H2,15,16,17). The lowest BCUT2D eigenvalue weighted by molar-refractivity contribution is -0.384. The van der Waals surface area contributed by atoms with E-state index in [9.17, 15) is 14.9 Å². The SMILES string of the molecule is CNc1ccc([N+](=O)[O-])c(Nc2cccc(C(C)=O)c2)n1. The molecule has 1 aromatic heterocycles. The van der Waals surface area contributed by atoms with E-state index >= 15 is 0 Å². The second kappa shape index (κ2) is 6.00. The summed E-state index contributed by atoms with van der Waals surface area (Å²) in [5, 5.41) is 16.7. The molecule has 0 unspecified atom stereocenters. The molecule has 0 saturated heterocycles. The molecule has 0 fully saturated rings. The molecule has 0 aliphatic rings. The highest BCUT2D eigenvalue weighted by Gasteiger charge is 2.16. The van der Waals surface area contributed by atoms with Crippen LogP contribution in [-0.4, -0.2) is 22.7 Å². The van der Waals surface area contributed by atoms with Crippen molar-refractivity contribution in [2.75, 3.05) is 17.7 Å². The van der Waals surface area contributed by atoms with Crippen LogP contribution in [0.3, 0.4) is 0 Å². The van der Waals surface area contributed by atoms with Gasteiger partial charge in [0.25, 0.3) is 0 Å². The fourth-order valence-electron chi connectivity index (χ4n) is 1.78. The van der Waals surface area contributed by atoms with Crippen LogP contribution in [0.2, 0.25) is 0 Å². The third-order valence-electron chi connectivity index (χ3n) is 2.86. The quantitative estimate of drug-likeness (QED) is 0.498. The molecule has 0 spiro atoms. The molecule has 2 N–H and O–H groups in total. The van der Waals surface area contributed by atoms with E-state index in [1.54, 1.807) is 31.3 Å². The van der Waals surface area contributed by atoms with E-state index in [1.807, 2.05) is 0 Å². The Morgan fingerprint density at radius 3 is 2.67 bits per heavy atom. The second-order valence-electron chi connectivity index (χ2n) is 4.33.